The first kappa shape index (κ1) is 67.0. The van der Waals surface area contributed by atoms with Gasteiger partial charge in [-0.05, 0) is 77.4 Å². The van der Waals surface area contributed by atoms with Crippen LogP contribution in [0.2, 0.25) is 0 Å². The molecule has 0 unspecified atom stereocenters. The van der Waals surface area contributed by atoms with Crippen LogP contribution in [0, 0.1) is 11.6 Å². The molecule has 0 aliphatic heterocycles. The molecule has 15 aromatic rings. The number of pyridine rings is 3. The molecule has 0 N–H and O–H groups in total. The van der Waals surface area contributed by atoms with Crippen molar-refractivity contribution >= 4 is 33.5 Å². The van der Waals surface area contributed by atoms with E-state index in [1.54, 1.807) is 73.2 Å². The maximum absolute atomic E-state index is 15.2. The third kappa shape index (κ3) is 15.5. The summed E-state index contributed by atoms with van der Waals surface area (Å²) in [5, 5.41) is 0. The Morgan fingerprint density at radius 1 is 0.389 bits per heavy atom. The van der Waals surface area contributed by atoms with Crippen LogP contribution >= 0.6 is 0 Å². The second-order valence-electron chi connectivity index (χ2n) is 27.1. The lowest BCUT2D eigenvalue weighted by molar-refractivity contribution is -0.141. The number of aromatic nitrogens is 21. The summed E-state index contributed by atoms with van der Waals surface area (Å²) in [4.78, 5) is 90.6. The van der Waals surface area contributed by atoms with Gasteiger partial charge in [0.05, 0.1) is 55.3 Å². The number of benzene rings is 3. The minimum Gasteiger partial charge on any atom is -0.333 e. The van der Waals surface area contributed by atoms with Crippen LogP contribution < -0.4 is 17.1 Å². The molecule has 0 fully saturated rings. The Morgan fingerprint density at radius 2 is 0.708 bits per heavy atom. The fourth-order valence-electron chi connectivity index (χ4n) is 12.7. The number of alkyl halides is 9. The summed E-state index contributed by atoms with van der Waals surface area (Å²) >= 11 is 0. The molecule has 15 rings (SSSR count). The SMILES string of the molecule is CC(C)c1ncccc1-c1ncc2c(n1)n(Cc1c(F)cc(-c3nc(C(F)(F)F)cn3C)cc1F)c(=O)n2C.[2H]C([2H])([2H])n1c(=O)n(Cc2ccc(-c3nc(C(F)(F)F)cn3C)cc2)c2nc(-c3cccnc3C(C)C)ncc21.[2H]C([2H])([2H])n1cc(C(F)(F)F)nc1-c1ccc(Cn2c(=O)n(C([2H])([2H])[2H])c3cnc(-c4cccnc4C(C)C)nc32)cc1. The molecule has 3 aromatic carbocycles. The summed E-state index contributed by atoms with van der Waals surface area (Å²) < 4.78 is 228. The Hall–Kier alpha value is -13.0. The Morgan fingerprint density at radius 3 is 1.04 bits per heavy atom. The van der Waals surface area contributed by atoms with E-state index in [2.05, 4.69) is 59.8 Å². The highest BCUT2D eigenvalue weighted by molar-refractivity contribution is 5.77. The molecular weight excluding hydrogens is 1490 g/mol. The normalized spacial score (nSPS) is 13.6. The fraction of sp³-hybridized carbons (Fsp3) is 0.269. The number of imidazole rings is 6. The molecule has 0 amide bonds. The molecule has 0 aliphatic rings. The van der Waals surface area contributed by atoms with Gasteiger partial charge in [-0.1, -0.05) is 90.1 Å². The number of fused-ring (bicyclic) bond motifs is 3. The molecule has 0 spiro atoms. The van der Waals surface area contributed by atoms with Crippen LogP contribution in [-0.4, -0.2) is 101 Å². The number of rotatable bonds is 15. The Kier molecular flexibility index (Phi) is 18.0. The van der Waals surface area contributed by atoms with E-state index in [-0.39, 0.29) is 87.4 Å². The molecule has 0 saturated carbocycles. The maximum atomic E-state index is 15.2. The van der Waals surface area contributed by atoms with Gasteiger partial charge in [-0.25, -0.2) is 68.0 Å². The van der Waals surface area contributed by atoms with E-state index >= 15 is 8.78 Å². The third-order valence-corrected chi connectivity index (χ3v) is 18.3. The summed E-state index contributed by atoms with van der Waals surface area (Å²) in [5.41, 5.74) is 0.0912. The highest BCUT2D eigenvalue weighted by atomic mass is 19.4. The maximum Gasteiger partial charge on any atom is 0.434 e. The fourth-order valence-corrected chi connectivity index (χ4v) is 12.7. The van der Waals surface area contributed by atoms with Crippen molar-refractivity contribution in [3.05, 3.63) is 247 Å². The lowest BCUT2D eigenvalue weighted by atomic mass is 10.0. The summed E-state index contributed by atoms with van der Waals surface area (Å²) in [5.74, 6) is -1.65. The minimum atomic E-state index is -4.85. The lowest BCUT2D eigenvalue weighted by Gasteiger charge is -2.11. The highest BCUT2D eigenvalue weighted by Gasteiger charge is 2.37. The number of hydrogen-bond donors (Lipinski definition) is 0. The van der Waals surface area contributed by atoms with E-state index in [0.29, 0.717) is 76.1 Å². The molecule has 24 nitrogen and oxygen atoms in total. The molecule has 0 radical (unpaired) electrons. The summed E-state index contributed by atoms with van der Waals surface area (Å²) in [6, 6.07) is 24.5. The average molecular weight is 1570 g/mol. The van der Waals surface area contributed by atoms with Gasteiger partial charge in [0.25, 0.3) is 0 Å². The molecule has 0 saturated heterocycles. The van der Waals surface area contributed by atoms with Crippen molar-refractivity contribution in [2.45, 2.75) is 97.5 Å². The Balaban J connectivity index is 0.000000158. The lowest BCUT2D eigenvalue weighted by Crippen LogP contribution is -2.23. The summed E-state index contributed by atoms with van der Waals surface area (Å²) in [6.07, 6.45) is -3.05. The Bertz CT molecular complexity index is 6660. The summed E-state index contributed by atoms with van der Waals surface area (Å²) in [7, 11) is 4.25. The standard InChI is InChI=1S/C26H22F5N7O.2C26H24F3N7O/c1-13(2)21-15(6-5-7-32-21)22-33-10-19-24(35-22)38(25(39)37(19)4)11-16-17(27)8-14(9-18(16)28)23-34-20(12-36(23)3)26(29,30)31;2*1-15(2)21-18(6-5-11-30-21)22-31-12-19-24(33-22)36(25(37)35(19)4)13-16-7-9-17(10-8-16)23-32-20(14-34(23)3)26(27,28)29/h5-10,12-13H,11H2,1-4H3;2*5-12,14-15H,13H2,1-4H3/i;3D3,4D3;4D3. The third-order valence-electron chi connectivity index (χ3n) is 18.3. The smallest absolute Gasteiger partial charge is 0.333 e. The predicted octanol–water partition coefficient (Wildman–Crippen LogP) is 14.6. The molecule has 582 valence electrons. The van der Waals surface area contributed by atoms with Gasteiger partial charge in [0, 0.05) is 131 Å². The van der Waals surface area contributed by atoms with E-state index in [0.717, 1.165) is 45.0 Å². The molecular formula is C78H70F11N21O3. The average Bonchev–Trinajstić information content (AvgIpc) is 1.59. The first-order valence-corrected chi connectivity index (χ1v) is 34.4. The van der Waals surface area contributed by atoms with Crippen LogP contribution in [0.4, 0.5) is 48.3 Å². The number of hydrogen-bond acceptors (Lipinski definition) is 15. The van der Waals surface area contributed by atoms with Crippen LogP contribution in [-0.2, 0) is 80.2 Å². The van der Waals surface area contributed by atoms with Gasteiger partial charge < -0.3 is 13.7 Å². The predicted molar refractivity (Wildman–Crippen MR) is 398 cm³/mol. The van der Waals surface area contributed by atoms with Crippen molar-refractivity contribution in [3.63, 3.8) is 0 Å². The van der Waals surface area contributed by atoms with E-state index in [4.69, 9.17) is 12.3 Å². The number of nitrogens with zero attached hydrogens (tertiary/aromatic N) is 21. The molecule has 0 atom stereocenters. The van der Waals surface area contributed by atoms with E-state index in [1.165, 1.54) is 82.3 Å². The van der Waals surface area contributed by atoms with Crippen molar-refractivity contribution in [2.75, 3.05) is 0 Å². The molecule has 12 heterocycles. The first-order valence-electron chi connectivity index (χ1n) is 38.9. The van der Waals surface area contributed by atoms with Crippen LogP contribution in [0.5, 0.6) is 0 Å². The second-order valence-corrected chi connectivity index (χ2v) is 27.1. The molecule has 0 bridgehead atoms. The van der Waals surface area contributed by atoms with Crippen molar-refractivity contribution in [2.24, 2.45) is 42.1 Å². The van der Waals surface area contributed by atoms with Gasteiger partial charge in [-0.2, -0.15) is 39.5 Å². The monoisotopic (exact) mass is 1570 g/mol. The number of aryl methyl sites for hydroxylation is 6. The molecule has 12 aromatic heterocycles. The van der Waals surface area contributed by atoms with Crippen molar-refractivity contribution in [1.29, 1.82) is 0 Å². The molecule has 35 heteroatoms. The second kappa shape index (κ2) is 30.4. The first-order chi connectivity index (χ1) is 57.1. The summed E-state index contributed by atoms with van der Waals surface area (Å²) in [6.45, 7) is 2.55. The van der Waals surface area contributed by atoms with E-state index in [1.807, 2.05) is 47.6 Å². The zero-order valence-electron chi connectivity index (χ0n) is 70.1. The highest BCUT2D eigenvalue weighted by Crippen LogP contribution is 2.36. The topological polar surface area (TPSA) is 250 Å². The van der Waals surface area contributed by atoms with Gasteiger partial charge in [0.15, 0.2) is 51.5 Å². The van der Waals surface area contributed by atoms with Gasteiger partial charge in [0.1, 0.15) is 45.7 Å². The van der Waals surface area contributed by atoms with Crippen LogP contribution in [0.1, 0.15) is 122 Å². The van der Waals surface area contributed by atoms with Crippen molar-refractivity contribution in [1.82, 2.24) is 101 Å². The van der Waals surface area contributed by atoms with Crippen LogP contribution in [0.25, 0.3) is 102 Å². The molecule has 113 heavy (non-hydrogen) atoms. The zero-order valence-corrected chi connectivity index (χ0v) is 61.1. The van der Waals surface area contributed by atoms with Crippen molar-refractivity contribution in [3.8, 4) is 68.3 Å². The minimum absolute atomic E-state index is 0.0141. The van der Waals surface area contributed by atoms with E-state index in [9.17, 15) is 53.9 Å². The quantitative estimate of drug-likeness (QED) is 0.0865. The van der Waals surface area contributed by atoms with Gasteiger partial charge in [-0.15, -0.1) is 0 Å². The largest absolute Gasteiger partial charge is 0.434 e. The van der Waals surface area contributed by atoms with Crippen LogP contribution in [0.3, 0.4) is 0 Å². The van der Waals surface area contributed by atoms with Crippen molar-refractivity contribution < 1.29 is 60.6 Å². The Labute approximate surface area is 647 Å². The van der Waals surface area contributed by atoms with Crippen LogP contribution in [0.15, 0.2) is 167 Å². The van der Waals surface area contributed by atoms with Gasteiger partial charge >= 0.3 is 35.6 Å². The van der Waals surface area contributed by atoms with E-state index < -0.39 is 103 Å². The number of halogens is 11. The molecule has 0 aliphatic carbocycles. The van der Waals surface area contributed by atoms with Gasteiger partial charge in [-0.3, -0.25) is 42.4 Å². The zero-order chi connectivity index (χ0) is 88.7. The van der Waals surface area contributed by atoms with Gasteiger partial charge in [0.2, 0.25) is 0 Å².